The van der Waals surface area contributed by atoms with Gasteiger partial charge in [0.1, 0.15) is 5.76 Å². The molecule has 0 aromatic carbocycles. The van der Waals surface area contributed by atoms with E-state index in [1.165, 1.54) is 0 Å². The van der Waals surface area contributed by atoms with Gasteiger partial charge in [0.15, 0.2) is 0 Å². The molecule has 1 N–H and O–H groups in total. The molecule has 1 fully saturated rings. The normalized spacial score (nSPS) is 30.6. The number of furan rings is 1. The van der Waals surface area contributed by atoms with Crippen molar-refractivity contribution in [3.8, 4) is 0 Å². The number of carbonyl (C=O) groups is 1. The third-order valence-electron chi connectivity index (χ3n) is 3.70. The first-order valence-corrected chi connectivity index (χ1v) is 5.41. The van der Waals surface area contributed by atoms with Crippen LogP contribution in [0.15, 0.2) is 22.8 Å². The monoisotopic (exact) mass is 208 g/mol. The van der Waals surface area contributed by atoms with E-state index in [1.807, 2.05) is 19.1 Å². The highest BCUT2D eigenvalue weighted by Crippen LogP contribution is 2.45. The summed E-state index contributed by atoms with van der Waals surface area (Å²) in [5.41, 5.74) is -0.599. The van der Waals surface area contributed by atoms with Crippen LogP contribution in [0.2, 0.25) is 0 Å². The summed E-state index contributed by atoms with van der Waals surface area (Å²) in [6, 6.07) is 3.67. The van der Waals surface area contributed by atoms with E-state index in [0.29, 0.717) is 6.42 Å². The average molecular weight is 208 g/mol. The Labute approximate surface area is 89.1 Å². The second-order valence-corrected chi connectivity index (χ2v) is 4.51. The Balaban J connectivity index is 2.24. The van der Waals surface area contributed by atoms with Crippen molar-refractivity contribution < 1.29 is 14.3 Å². The molecule has 1 aromatic rings. The minimum absolute atomic E-state index is 0.236. The van der Waals surface area contributed by atoms with Crippen LogP contribution in [-0.4, -0.2) is 11.1 Å². The number of hydrogen-bond acceptors (Lipinski definition) is 2. The fourth-order valence-electron chi connectivity index (χ4n) is 2.63. The molecule has 3 heteroatoms. The maximum absolute atomic E-state index is 11.4. The van der Waals surface area contributed by atoms with Gasteiger partial charge in [0.05, 0.1) is 11.7 Å². The number of hydrogen-bond donors (Lipinski definition) is 1. The molecule has 15 heavy (non-hydrogen) atoms. The highest BCUT2D eigenvalue weighted by atomic mass is 16.4. The lowest BCUT2D eigenvalue weighted by molar-refractivity contribution is -0.151. The fourth-order valence-corrected chi connectivity index (χ4v) is 2.63. The summed E-state index contributed by atoms with van der Waals surface area (Å²) in [4.78, 5) is 11.4. The van der Waals surface area contributed by atoms with Crippen molar-refractivity contribution in [1.82, 2.24) is 0 Å². The summed E-state index contributed by atoms with van der Waals surface area (Å²) in [6.07, 6.45) is 4.91. The van der Waals surface area contributed by atoms with Gasteiger partial charge in [-0.05, 0) is 30.9 Å². The predicted octanol–water partition coefficient (Wildman–Crippen LogP) is 2.71. The highest BCUT2D eigenvalue weighted by Gasteiger charge is 2.47. The molecule has 1 aliphatic carbocycles. The third kappa shape index (κ3) is 1.66. The van der Waals surface area contributed by atoms with Gasteiger partial charge >= 0.3 is 5.97 Å². The number of carboxylic acid groups (broad SMARTS) is 1. The largest absolute Gasteiger partial charge is 0.481 e. The highest BCUT2D eigenvalue weighted by molar-refractivity contribution is 5.75. The summed E-state index contributed by atoms with van der Waals surface area (Å²) < 4.78 is 5.26. The molecule has 2 rings (SSSR count). The Kier molecular flexibility index (Phi) is 2.55. The minimum atomic E-state index is -0.677. The first-order valence-electron chi connectivity index (χ1n) is 5.41. The van der Waals surface area contributed by atoms with Crippen LogP contribution < -0.4 is 0 Å². The molecular weight excluding hydrogens is 192 g/mol. The van der Waals surface area contributed by atoms with Gasteiger partial charge in [0.2, 0.25) is 0 Å². The summed E-state index contributed by atoms with van der Waals surface area (Å²) in [5, 5.41) is 9.39. The van der Waals surface area contributed by atoms with Crippen LogP contribution in [0.3, 0.4) is 0 Å². The van der Waals surface area contributed by atoms with Gasteiger partial charge < -0.3 is 9.52 Å². The first kappa shape index (κ1) is 10.3. The molecule has 2 atom stereocenters. The van der Waals surface area contributed by atoms with Gasteiger partial charge in [0.25, 0.3) is 0 Å². The van der Waals surface area contributed by atoms with Crippen LogP contribution in [0.4, 0.5) is 0 Å². The topological polar surface area (TPSA) is 50.4 Å². The van der Waals surface area contributed by atoms with E-state index in [-0.39, 0.29) is 5.92 Å². The molecule has 0 bridgehead atoms. The standard InChI is InChI=1S/C12H16O3/c1-9-4-2-6-12(9,11(13)14)8-10-5-3-7-15-10/h3,5,7,9H,2,4,6,8H2,1H3,(H,13,14). The molecule has 0 spiro atoms. The van der Waals surface area contributed by atoms with Crippen LogP contribution in [0, 0.1) is 11.3 Å². The molecule has 0 radical (unpaired) electrons. The van der Waals surface area contributed by atoms with E-state index in [0.717, 1.165) is 25.0 Å². The average Bonchev–Trinajstić information content (AvgIpc) is 2.78. The van der Waals surface area contributed by atoms with Crippen molar-refractivity contribution >= 4 is 5.97 Å². The van der Waals surface area contributed by atoms with Gasteiger partial charge in [-0.3, -0.25) is 4.79 Å². The molecule has 1 aliphatic rings. The zero-order valence-corrected chi connectivity index (χ0v) is 8.90. The zero-order valence-electron chi connectivity index (χ0n) is 8.90. The first-order chi connectivity index (χ1) is 7.15. The molecular formula is C12H16O3. The van der Waals surface area contributed by atoms with Crippen molar-refractivity contribution in [3.05, 3.63) is 24.2 Å². The molecule has 0 aliphatic heterocycles. The lowest BCUT2D eigenvalue weighted by Crippen LogP contribution is -2.35. The van der Waals surface area contributed by atoms with E-state index in [1.54, 1.807) is 6.26 Å². The molecule has 82 valence electrons. The summed E-state index contributed by atoms with van der Waals surface area (Å²) in [7, 11) is 0. The Morgan fingerprint density at radius 1 is 1.73 bits per heavy atom. The van der Waals surface area contributed by atoms with E-state index in [2.05, 4.69) is 0 Å². The quantitative estimate of drug-likeness (QED) is 0.830. The van der Waals surface area contributed by atoms with Crippen molar-refractivity contribution in [2.75, 3.05) is 0 Å². The summed E-state index contributed by atoms with van der Waals surface area (Å²) in [6.45, 7) is 2.03. The molecule has 1 aromatic heterocycles. The number of rotatable bonds is 3. The molecule has 3 nitrogen and oxygen atoms in total. The Bertz CT molecular complexity index is 342. The van der Waals surface area contributed by atoms with Crippen LogP contribution in [0.5, 0.6) is 0 Å². The smallest absolute Gasteiger partial charge is 0.310 e. The molecule has 1 heterocycles. The van der Waals surface area contributed by atoms with Crippen molar-refractivity contribution in [2.24, 2.45) is 11.3 Å². The van der Waals surface area contributed by atoms with Gasteiger partial charge in [-0.2, -0.15) is 0 Å². The third-order valence-corrected chi connectivity index (χ3v) is 3.70. The second kappa shape index (κ2) is 3.72. The lowest BCUT2D eigenvalue weighted by atomic mass is 9.75. The Morgan fingerprint density at radius 3 is 3.00 bits per heavy atom. The zero-order chi connectivity index (χ0) is 10.9. The Hall–Kier alpha value is -1.25. The van der Waals surface area contributed by atoms with E-state index in [4.69, 9.17) is 4.42 Å². The maximum Gasteiger partial charge on any atom is 0.310 e. The van der Waals surface area contributed by atoms with Crippen LogP contribution in [0.25, 0.3) is 0 Å². The minimum Gasteiger partial charge on any atom is -0.481 e. The summed E-state index contributed by atoms with van der Waals surface area (Å²) in [5.74, 6) is 0.343. The van der Waals surface area contributed by atoms with Crippen LogP contribution in [0.1, 0.15) is 31.9 Å². The number of carboxylic acids is 1. The van der Waals surface area contributed by atoms with Crippen molar-refractivity contribution in [2.45, 2.75) is 32.6 Å². The van der Waals surface area contributed by atoms with Crippen LogP contribution >= 0.6 is 0 Å². The SMILES string of the molecule is CC1CCCC1(Cc1ccco1)C(=O)O. The molecule has 1 saturated carbocycles. The fraction of sp³-hybridized carbons (Fsp3) is 0.583. The van der Waals surface area contributed by atoms with E-state index in [9.17, 15) is 9.90 Å². The molecule has 0 saturated heterocycles. The van der Waals surface area contributed by atoms with Gasteiger partial charge in [-0.25, -0.2) is 0 Å². The predicted molar refractivity (Wildman–Crippen MR) is 55.5 cm³/mol. The van der Waals surface area contributed by atoms with Gasteiger partial charge in [-0.1, -0.05) is 13.3 Å². The van der Waals surface area contributed by atoms with Crippen LogP contribution in [-0.2, 0) is 11.2 Å². The second-order valence-electron chi connectivity index (χ2n) is 4.51. The Morgan fingerprint density at radius 2 is 2.53 bits per heavy atom. The van der Waals surface area contributed by atoms with E-state index >= 15 is 0 Å². The summed E-state index contributed by atoms with van der Waals surface area (Å²) >= 11 is 0. The number of aliphatic carboxylic acids is 1. The lowest BCUT2D eigenvalue weighted by Gasteiger charge is -2.27. The van der Waals surface area contributed by atoms with Crippen molar-refractivity contribution in [1.29, 1.82) is 0 Å². The molecule has 0 amide bonds. The van der Waals surface area contributed by atoms with Gasteiger partial charge in [0, 0.05) is 6.42 Å². The van der Waals surface area contributed by atoms with E-state index < -0.39 is 11.4 Å². The van der Waals surface area contributed by atoms with Crippen molar-refractivity contribution in [3.63, 3.8) is 0 Å². The molecule has 2 unspecified atom stereocenters. The van der Waals surface area contributed by atoms with Gasteiger partial charge in [-0.15, -0.1) is 0 Å². The maximum atomic E-state index is 11.4.